The van der Waals surface area contributed by atoms with Crippen molar-refractivity contribution in [3.63, 3.8) is 0 Å². The van der Waals surface area contributed by atoms with Gasteiger partial charge >= 0.3 is 5.97 Å². The number of carbonyl (C=O) groups is 2. The van der Waals surface area contributed by atoms with Gasteiger partial charge in [-0.2, -0.15) is 0 Å². The van der Waals surface area contributed by atoms with Gasteiger partial charge in [-0.15, -0.1) is 0 Å². The third kappa shape index (κ3) is 5.83. The van der Waals surface area contributed by atoms with Crippen molar-refractivity contribution < 1.29 is 33.5 Å². The predicted octanol–water partition coefficient (Wildman–Crippen LogP) is 2.32. The van der Waals surface area contributed by atoms with E-state index in [-0.39, 0.29) is 11.4 Å². The molecule has 0 spiro atoms. The average Bonchev–Trinajstić information content (AvgIpc) is 2.96. The number of hydrogen-bond acceptors (Lipinski definition) is 8. The largest absolute Gasteiger partial charge is 0.490 e. The first-order valence-electron chi connectivity index (χ1n) is 8.73. The van der Waals surface area contributed by atoms with Gasteiger partial charge in [0, 0.05) is 30.3 Å². The lowest BCUT2D eigenvalue weighted by Gasteiger charge is -2.11. The molecule has 0 unspecified atom stereocenters. The lowest BCUT2D eigenvalue weighted by Crippen LogP contribution is -2.23. The number of hydrogen-bond donors (Lipinski definition) is 1. The number of nitro groups is 1. The zero-order valence-corrected chi connectivity index (χ0v) is 15.3. The number of anilines is 1. The minimum Gasteiger partial charge on any atom is -0.490 e. The van der Waals surface area contributed by atoms with Crippen LogP contribution in [0.25, 0.3) is 0 Å². The number of nitrogens with zero attached hydrogens (tertiary/aromatic N) is 1. The van der Waals surface area contributed by atoms with Crippen LogP contribution >= 0.6 is 0 Å². The summed E-state index contributed by atoms with van der Waals surface area (Å²) in [6.07, 6.45) is 0.772. The highest BCUT2D eigenvalue weighted by Gasteiger charge is 2.13. The van der Waals surface area contributed by atoms with Gasteiger partial charge in [0.2, 0.25) is 0 Å². The first-order chi connectivity index (χ1) is 14.0. The lowest BCUT2D eigenvalue weighted by molar-refractivity contribution is -0.384. The van der Waals surface area contributed by atoms with Gasteiger partial charge in [0.05, 0.1) is 18.1 Å². The highest BCUT2D eigenvalue weighted by molar-refractivity contribution is 5.93. The molecule has 29 heavy (non-hydrogen) atoms. The minimum atomic E-state index is -0.753. The van der Waals surface area contributed by atoms with E-state index in [1.807, 2.05) is 0 Å². The predicted molar refractivity (Wildman–Crippen MR) is 100 cm³/mol. The Kier molecular flexibility index (Phi) is 6.46. The summed E-state index contributed by atoms with van der Waals surface area (Å²) in [6.45, 7) is 0.166. The molecule has 1 amide bonds. The number of nitrogens with one attached hydrogen (secondary N) is 1. The number of carbonyl (C=O) groups excluding carboxylic acids is 2. The molecule has 0 aliphatic carbocycles. The summed E-state index contributed by atoms with van der Waals surface area (Å²) < 4.78 is 21.1. The number of non-ortho nitro benzene ring substituents is 1. The van der Waals surface area contributed by atoms with Gasteiger partial charge in [-0.25, -0.2) is 4.79 Å². The Hall–Kier alpha value is -3.82. The summed E-state index contributed by atoms with van der Waals surface area (Å²) in [7, 11) is 0. The van der Waals surface area contributed by atoms with Crippen molar-refractivity contribution in [2.45, 2.75) is 6.42 Å². The van der Waals surface area contributed by atoms with Crippen molar-refractivity contribution in [1.29, 1.82) is 0 Å². The van der Waals surface area contributed by atoms with E-state index < -0.39 is 30.0 Å². The Morgan fingerprint density at radius 1 is 1.03 bits per heavy atom. The van der Waals surface area contributed by atoms with Crippen LogP contribution in [0.1, 0.15) is 6.42 Å². The Bertz CT molecular complexity index is 898. The lowest BCUT2D eigenvalue weighted by atomic mass is 10.2. The number of amides is 1. The van der Waals surface area contributed by atoms with E-state index in [0.29, 0.717) is 30.4 Å². The highest BCUT2D eigenvalue weighted by Crippen LogP contribution is 2.32. The molecule has 0 saturated heterocycles. The summed E-state index contributed by atoms with van der Waals surface area (Å²) in [5, 5.41) is 13.2. The molecule has 0 atom stereocenters. The molecule has 0 radical (unpaired) electrons. The summed E-state index contributed by atoms with van der Waals surface area (Å²) in [5.74, 6) is 0.133. The first kappa shape index (κ1) is 19.9. The van der Waals surface area contributed by atoms with E-state index in [4.69, 9.17) is 18.9 Å². The van der Waals surface area contributed by atoms with Crippen molar-refractivity contribution in [3.8, 4) is 17.2 Å². The van der Waals surface area contributed by atoms with E-state index in [9.17, 15) is 19.7 Å². The number of fused-ring (bicyclic) bond motifs is 1. The molecule has 10 nitrogen and oxygen atoms in total. The molecule has 10 heteroatoms. The summed E-state index contributed by atoms with van der Waals surface area (Å²) >= 11 is 0. The molecule has 1 aliphatic rings. The molecule has 1 N–H and O–H groups in total. The van der Waals surface area contributed by atoms with Crippen molar-refractivity contribution in [3.05, 3.63) is 52.6 Å². The number of nitro benzene ring substituents is 1. The summed E-state index contributed by atoms with van der Waals surface area (Å²) in [6, 6.07) is 10.2. The Balaban J connectivity index is 1.42. The third-order valence-electron chi connectivity index (χ3n) is 3.80. The van der Waals surface area contributed by atoms with Gasteiger partial charge in [-0.05, 0) is 24.3 Å². The molecule has 0 fully saturated rings. The Morgan fingerprint density at radius 2 is 1.76 bits per heavy atom. The van der Waals surface area contributed by atoms with Gasteiger partial charge in [0.15, 0.2) is 24.7 Å². The van der Waals surface area contributed by atoms with Crippen molar-refractivity contribution in [2.75, 3.05) is 31.7 Å². The molecule has 2 aromatic carbocycles. The fraction of sp³-hybridized carbons (Fsp3) is 0.263. The van der Waals surface area contributed by atoms with E-state index in [0.717, 1.165) is 6.42 Å². The van der Waals surface area contributed by atoms with Crippen molar-refractivity contribution in [1.82, 2.24) is 0 Å². The SMILES string of the molecule is O=C(COC(=O)COc1ccc([N+](=O)[O-])cc1)Nc1ccc2c(c1)OCCCO2. The van der Waals surface area contributed by atoms with E-state index >= 15 is 0 Å². The Morgan fingerprint density at radius 3 is 2.48 bits per heavy atom. The normalized spacial score (nSPS) is 12.4. The van der Waals surface area contributed by atoms with Crippen LogP contribution in [0.5, 0.6) is 17.2 Å². The fourth-order valence-corrected chi connectivity index (χ4v) is 2.43. The van der Waals surface area contributed by atoms with Crippen LogP contribution in [0, 0.1) is 10.1 Å². The van der Waals surface area contributed by atoms with Gasteiger partial charge in [-0.1, -0.05) is 0 Å². The zero-order valence-electron chi connectivity index (χ0n) is 15.3. The molecular weight excluding hydrogens is 384 g/mol. The van der Waals surface area contributed by atoms with Crippen molar-refractivity contribution >= 4 is 23.3 Å². The van der Waals surface area contributed by atoms with E-state index in [2.05, 4.69) is 5.32 Å². The number of ether oxygens (including phenoxy) is 4. The topological polar surface area (TPSA) is 126 Å². The number of benzene rings is 2. The molecular formula is C19H18N2O8. The summed E-state index contributed by atoms with van der Waals surface area (Å²) in [5.41, 5.74) is 0.392. The smallest absolute Gasteiger partial charge is 0.344 e. The van der Waals surface area contributed by atoms with Crippen LogP contribution in [0.4, 0.5) is 11.4 Å². The average molecular weight is 402 g/mol. The highest BCUT2D eigenvalue weighted by atomic mass is 16.6. The van der Waals surface area contributed by atoms with Gasteiger partial charge < -0.3 is 24.3 Å². The second-order valence-electron chi connectivity index (χ2n) is 5.96. The van der Waals surface area contributed by atoms with E-state index in [1.165, 1.54) is 24.3 Å². The number of rotatable bonds is 7. The molecule has 0 bridgehead atoms. The minimum absolute atomic E-state index is 0.0913. The zero-order chi connectivity index (χ0) is 20.6. The van der Waals surface area contributed by atoms with Gasteiger partial charge in [0.25, 0.3) is 11.6 Å². The molecule has 0 saturated carbocycles. The quantitative estimate of drug-likeness (QED) is 0.425. The molecule has 2 aromatic rings. The molecule has 152 valence electrons. The molecule has 1 aliphatic heterocycles. The standard InChI is InChI=1S/C19H18N2O8/c22-18(20-13-2-7-16-17(10-13)27-9-1-8-26-16)11-29-19(23)12-28-15-5-3-14(4-6-15)21(24)25/h2-7,10H,1,8-9,11-12H2,(H,20,22). The second-order valence-corrected chi connectivity index (χ2v) is 5.96. The first-order valence-corrected chi connectivity index (χ1v) is 8.73. The monoisotopic (exact) mass is 402 g/mol. The van der Waals surface area contributed by atoms with Crippen LogP contribution in [-0.4, -0.2) is 43.2 Å². The maximum absolute atomic E-state index is 12.0. The van der Waals surface area contributed by atoms with E-state index in [1.54, 1.807) is 18.2 Å². The number of esters is 1. The van der Waals surface area contributed by atoms with Crippen molar-refractivity contribution in [2.24, 2.45) is 0 Å². The van der Waals surface area contributed by atoms with Crippen LogP contribution in [0.2, 0.25) is 0 Å². The van der Waals surface area contributed by atoms with Crippen LogP contribution in [-0.2, 0) is 14.3 Å². The second kappa shape index (κ2) is 9.40. The van der Waals surface area contributed by atoms with Gasteiger partial charge in [0.1, 0.15) is 5.75 Å². The van der Waals surface area contributed by atoms with Gasteiger partial charge in [-0.3, -0.25) is 14.9 Å². The molecule has 3 rings (SSSR count). The van der Waals surface area contributed by atoms with Crippen LogP contribution in [0.3, 0.4) is 0 Å². The summed E-state index contributed by atoms with van der Waals surface area (Å²) in [4.78, 5) is 33.7. The Labute approximate surface area is 165 Å². The maximum Gasteiger partial charge on any atom is 0.344 e. The fourth-order valence-electron chi connectivity index (χ4n) is 2.43. The molecule has 1 heterocycles. The van der Waals surface area contributed by atoms with Crippen LogP contribution in [0.15, 0.2) is 42.5 Å². The van der Waals surface area contributed by atoms with Crippen LogP contribution < -0.4 is 19.5 Å². The maximum atomic E-state index is 12.0. The molecule has 0 aromatic heterocycles. The third-order valence-corrected chi connectivity index (χ3v) is 3.80.